The van der Waals surface area contributed by atoms with Crippen molar-refractivity contribution >= 4 is 0 Å². The van der Waals surface area contributed by atoms with Crippen molar-refractivity contribution in [3.8, 4) is 0 Å². The third-order valence-corrected chi connectivity index (χ3v) is 9.40. The number of benzene rings is 1. The average molecular weight is 366 g/mol. The van der Waals surface area contributed by atoms with Crippen molar-refractivity contribution in [2.24, 2.45) is 35.0 Å². The molecule has 3 aliphatic carbocycles. The standard InChI is InChI=1S/C26H39N/c1-26(2,19-12-6-7-13-19)24-21-15-8-14-20(18-10-4-3-5-11-18)23(21)22-16-9-17-27-25(22)24/h3-5,10-11,19-25,27H,6-9,12-17H2,1-2H3. The Kier molecular flexibility index (Phi) is 4.87. The lowest BCUT2D eigenvalue weighted by molar-refractivity contribution is 0.0439. The Bertz CT molecular complexity index is 629. The van der Waals surface area contributed by atoms with Crippen LogP contribution in [0.1, 0.15) is 83.1 Å². The van der Waals surface area contributed by atoms with E-state index in [9.17, 15) is 0 Å². The van der Waals surface area contributed by atoms with Crippen molar-refractivity contribution in [3.05, 3.63) is 35.9 Å². The first-order valence-electron chi connectivity index (χ1n) is 12.0. The topological polar surface area (TPSA) is 12.0 Å². The maximum Gasteiger partial charge on any atom is 0.0134 e. The second-order valence-electron chi connectivity index (χ2n) is 10.8. The van der Waals surface area contributed by atoms with Crippen LogP contribution in [-0.4, -0.2) is 12.6 Å². The zero-order valence-electron chi connectivity index (χ0n) is 17.5. The molecule has 0 radical (unpaired) electrons. The van der Waals surface area contributed by atoms with Gasteiger partial charge >= 0.3 is 0 Å². The van der Waals surface area contributed by atoms with Gasteiger partial charge in [-0.05, 0) is 91.6 Å². The summed E-state index contributed by atoms with van der Waals surface area (Å²) in [5.74, 6) is 5.44. The van der Waals surface area contributed by atoms with Crippen LogP contribution in [0.4, 0.5) is 0 Å². The van der Waals surface area contributed by atoms with Gasteiger partial charge in [-0.1, -0.05) is 63.4 Å². The van der Waals surface area contributed by atoms with E-state index >= 15 is 0 Å². The van der Waals surface area contributed by atoms with Crippen molar-refractivity contribution < 1.29 is 0 Å². The molecule has 27 heavy (non-hydrogen) atoms. The number of fused-ring (bicyclic) bond motifs is 3. The predicted octanol–water partition coefficient (Wildman–Crippen LogP) is 6.40. The van der Waals surface area contributed by atoms with Gasteiger partial charge in [0.1, 0.15) is 0 Å². The van der Waals surface area contributed by atoms with E-state index < -0.39 is 0 Å². The average Bonchev–Trinajstić information content (AvgIpc) is 3.35. The highest BCUT2D eigenvalue weighted by atomic mass is 15.0. The number of piperidine rings is 1. The van der Waals surface area contributed by atoms with Gasteiger partial charge in [-0.15, -0.1) is 0 Å². The van der Waals surface area contributed by atoms with Crippen LogP contribution in [0.15, 0.2) is 30.3 Å². The van der Waals surface area contributed by atoms with Crippen molar-refractivity contribution in [1.29, 1.82) is 0 Å². The van der Waals surface area contributed by atoms with Crippen LogP contribution in [0.5, 0.6) is 0 Å². The maximum atomic E-state index is 4.09. The molecule has 4 aliphatic rings. The molecular weight excluding hydrogens is 326 g/mol. The van der Waals surface area contributed by atoms with Crippen LogP contribution in [-0.2, 0) is 0 Å². The third kappa shape index (κ3) is 3.00. The number of rotatable bonds is 3. The first-order valence-corrected chi connectivity index (χ1v) is 12.0. The summed E-state index contributed by atoms with van der Waals surface area (Å²) in [5, 5.41) is 4.09. The summed E-state index contributed by atoms with van der Waals surface area (Å²) < 4.78 is 0. The van der Waals surface area contributed by atoms with Gasteiger partial charge in [0.25, 0.3) is 0 Å². The predicted molar refractivity (Wildman–Crippen MR) is 114 cm³/mol. The van der Waals surface area contributed by atoms with E-state index in [1.165, 1.54) is 64.3 Å². The molecule has 6 atom stereocenters. The van der Waals surface area contributed by atoms with Crippen molar-refractivity contribution in [3.63, 3.8) is 0 Å². The molecule has 0 spiro atoms. The molecule has 0 aromatic heterocycles. The molecule has 1 nitrogen and oxygen atoms in total. The molecule has 1 saturated heterocycles. The summed E-state index contributed by atoms with van der Waals surface area (Å²) in [4.78, 5) is 0. The van der Waals surface area contributed by atoms with Crippen LogP contribution >= 0.6 is 0 Å². The molecule has 1 aromatic carbocycles. The molecule has 1 heteroatoms. The van der Waals surface area contributed by atoms with Gasteiger partial charge in [0.15, 0.2) is 0 Å². The van der Waals surface area contributed by atoms with Gasteiger partial charge in [0, 0.05) is 6.04 Å². The molecule has 1 aromatic rings. The van der Waals surface area contributed by atoms with Gasteiger partial charge < -0.3 is 5.32 Å². The minimum absolute atomic E-state index is 0.502. The lowest BCUT2D eigenvalue weighted by Crippen LogP contribution is -2.49. The summed E-state index contributed by atoms with van der Waals surface area (Å²) in [5.41, 5.74) is 2.14. The summed E-state index contributed by atoms with van der Waals surface area (Å²) >= 11 is 0. The first kappa shape index (κ1) is 18.2. The van der Waals surface area contributed by atoms with E-state index in [0.717, 1.165) is 41.5 Å². The SMILES string of the molecule is CC(C)(C1CCCC1)C1C2CCCC(c3ccccc3)C2C2CCCNC21. The highest BCUT2D eigenvalue weighted by Crippen LogP contribution is 2.63. The first-order chi connectivity index (χ1) is 13.2. The summed E-state index contributed by atoms with van der Waals surface area (Å²) in [6.07, 6.45) is 13.1. The minimum atomic E-state index is 0.502. The second kappa shape index (κ2) is 7.21. The molecule has 4 fully saturated rings. The fourth-order valence-corrected chi connectivity index (χ4v) is 8.37. The highest BCUT2D eigenvalue weighted by molar-refractivity contribution is 5.24. The summed E-state index contributed by atoms with van der Waals surface area (Å²) in [7, 11) is 0. The Labute approximate surface area is 166 Å². The molecule has 0 amide bonds. The van der Waals surface area contributed by atoms with E-state index in [4.69, 9.17) is 0 Å². The van der Waals surface area contributed by atoms with Crippen LogP contribution < -0.4 is 5.32 Å². The Morgan fingerprint density at radius 1 is 0.815 bits per heavy atom. The largest absolute Gasteiger partial charge is 0.313 e. The summed E-state index contributed by atoms with van der Waals surface area (Å²) in [6, 6.07) is 12.4. The Hall–Kier alpha value is -0.820. The molecule has 5 rings (SSSR count). The molecule has 1 heterocycles. The quantitative estimate of drug-likeness (QED) is 0.653. The van der Waals surface area contributed by atoms with E-state index in [1.54, 1.807) is 5.56 Å². The molecule has 0 bridgehead atoms. The molecule has 1 N–H and O–H groups in total. The minimum Gasteiger partial charge on any atom is -0.313 e. The Morgan fingerprint density at radius 2 is 1.56 bits per heavy atom. The molecule has 3 saturated carbocycles. The number of hydrogen-bond donors (Lipinski definition) is 1. The molecule has 1 aliphatic heterocycles. The number of hydrogen-bond acceptors (Lipinski definition) is 1. The van der Waals surface area contributed by atoms with Gasteiger partial charge in [0.05, 0.1) is 0 Å². The lowest BCUT2D eigenvalue weighted by atomic mass is 9.60. The van der Waals surface area contributed by atoms with E-state index in [2.05, 4.69) is 49.5 Å². The molecule has 6 unspecified atom stereocenters. The molecule has 148 valence electrons. The number of nitrogens with one attached hydrogen (secondary N) is 1. The van der Waals surface area contributed by atoms with E-state index in [0.29, 0.717) is 5.41 Å². The van der Waals surface area contributed by atoms with Crippen LogP contribution in [0.2, 0.25) is 0 Å². The second-order valence-corrected chi connectivity index (χ2v) is 10.8. The highest BCUT2D eigenvalue weighted by Gasteiger charge is 2.59. The van der Waals surface area contributed by atoms with Crippen LogP contribution in [0.25, 0.3) is 0 Å². The lowest BCUT2D eigenvalue weighted by Gasteiger charge is -2.46. The third-order valence-electron chi connectivity index (χ3n) is 9.40. The fourth-order valence-electron chi connectivity index (χ4n) is 8.37. The maximum absolute atomic E-state index is 4.09. The Balaban J connectivity index is 1.51. The van der Waals surface area contributed by atoms with Crippen LogP contribution in [0.3, 0.4) is 0 Å². The normalized spacial score (nSPS) is 39.9. The zero-order chi connectivity index (χ0) is 18.4. The van der Waals surface area contributed by atoms with Gasteiger partial charge in [-0.2, -0.15) is 0 Å². The van der Waals surface area contributed by atoms with Crippen molar-refractivity contribution in [2.75, 3.05) is 6.54 Å². The Morgan fingerprint density at radius 3 is 2.33 bits per heavy atom. The zero-order valence-corrected chi connectivity index (χ0v) is 17.5. The van der Waals surface area contributed by atoms with E-state index in [1.807, 2.05) is 0 Å². The van der Waals surface area contributed by atoms with E-state index in [-0.39, 0.29) is 0 Å². The van der Waals surface area contributed by atoms with Gasteiger partial charge in [0.2, 0.25) is 0 Å². The van der Waals surface area contributed by atoms with Gasteiger partial charge in [-0.3, -0.25) is 0 Å². The van der Waals surface area contributed by atoms with Crippen molar-refractivity contribution in [2.45, 2.75) is 83.6 Å². The van der Waals surface area contributed by atoms with Crippen molar-refractivity contribution in [1.82, 2.24) is 5.32 Å². The van der Waals surface area contributed by atoms with Gasteiger partial charge in [-0.25, -0.2) is 0 Å². The monoisotopic (exact) mass is 365 g/mol. The summed E-state index contributed by atoms with van der Waals surface area (Å²) in [6.45, 7) is 6.58. The molecular formula is C26H39N. The fraction of sp³-hybridized carbons (Fsp3) is 0.769. The van der Waals surface area contributed by atoms with Crippen LogP contribution in [0, 0.1) is 35.0 Å². The smallest absolute Gasteiger partial charge is 0.0134 e.